The van der Waals surface area contributed by atoms with Crippen LogP contribution in [0.5, 0.6) is 11.5 Å². The van der Waals surface area contributed by atoms with E-state index in [1.807, 2.05) is 0 Å². The van der Waals surface area contributed by atoms with Gasteiger partial charge in [0, 0.05) is 28.3 Å². The number of rotatable bonds is 9. The maximum Gasteiger partial charge on any atom is 0.251 e. The van der Waals surface area contributed by atoms with Crippen LogP contribution >= 0.6 is 11.6 Å². The largest absolute Gasteiger partial charge is 0.489 e. The highest BCUT2D eigenvalue weighted by Gasteiger charge is 2.50. The molecule has 4 aromatic rings. The molecular formula is C33H30ClFN4O5. The Bertz CT molecular complexity index is 1830. The Labute approximate surface area is 257 Å². The van der Waals surface area contributed by atoms with Crippen LogP contribution in [0, 0.1) is 11.7 Å². The van der Waals surface area contributed by atoms with Crippen molar-refractivity contribution in [1.82, 2.24) is 15.3 Å². The third-order valence-corrected chi connectivity index (χ3v) is 8.95. The summed E-state index contributed by atoms with van der Waals surface area (Å²) >= 11 is 6.20. The molecule has 2 aromatic carbocycles. The number of fused-ring (bicyclic) bond motifs is 2. The number of ether oxygens (including phenoxy) is 2. The monoisotopic (exact) mass is 616 g/mol. The van der Waals surface area contributed by atoms with Gasteiger partial charge in [0.2, 0.25) is 5.91 Å². The number of nitrogens with zero attached hydrogens (tertiary/aromatic N) is 2. The Morgan fingerprint density at radius 1 is 1.18 bits per heavy atom. The molecule has 3 heterocycles. The topological polar surface area (TPSA) is 137 Å². The summed E-state index contributed by atoms with van der Waals surface area (Å²) < 4.78 is 25.8. The maximum absolute atomic E-state index is 13.8. The molecule has 0 bridgehead atoms. The summed E-state index contributed by atoms with van der Waals surface area (Å²) in [4.78, 5) is 35.4. The molecule has 1 aliphatic heterocycles. The number of primary amides is 1. The summed E-state index contributed by atoms with van der Waals surface area (Å²) in [5, 5.41) is 16.2. The van der Waals surface area contributed by atoms with Gasteiger partial charge in [0.15, 0.2) is 0 Å². The predicted molar refractivity (Wildman–Crippen MR) is 161 cm³/mol. The van der Waals surface area contributed by atoms with Crippen LogP contribution in [0.15, 0.2) is 54.7 Å². The first-order valence-corrected chi connectivity index (χ1v) is 14.9. The number of pyridine rings is 2. The smallest absolute Gasteiger partial charge is 0.251 e. The van der Waals surface area contributed by atoms with Gasteiger partial charge in [-0.25, -0.2) is 9.37 Å². The summed E-state index contributed by atoms with van der Waals surface area (Å²) in [5.41, 5.74) is 5.67. The predicted octanol–water partition coefficient (Wildman–Crippen LogP) is 4.79. The fourth-order valence-electron chi connectivity index (χ4n) is 5.71. The molecule has 2 aromatic heterocycles. The molecule has 2 fully saturated rings. The summed E-state index contributed by atoms with van der Waals surface area (Å²) in [7, 11) is 0. The molecule has 226 valence electrons. The van der Waals surface area contributed by atoms with E-state index in [1.165, 1.54) is 18.3 Å². The number of carbonyl (C=O) groups is 2. The molecule has 4 N–H and O–H groups in total. The van der Waals surface area contributed by atoms with Crippen molar-refractivity contribution in [3.63, 3.8) is 0 Å². The van der Waals surface area contributed by atoms with Gasteiger partial charge in [-0.15, -0.1) is 0 Å². The molecule has 11 heteroatoms. The molecule has 44 heavy (non-hydrogen) atoms. The van der Waals surface area contributed by atoms with E-state index in [-0.39, 0.29) is 30.9 Å². The van der Waals surface area contributed by atoms with E-state index in [1.54, 1.807) is 43.3 Å². The highest BCUT2D eigenvalue weighted by Crippen LogP contribution is 2.50. The van der Waals surface area contributed by atoms with Crippen molar-refractivity contribution >= 4 is 34.3 Å². The fourth-order valence-corrected chi connectivity index (χ4v) is 5.88. The molecule has 3 aliphatic rings. The number of amides is 2. The zero-order chi connectivity index (χ0) is 30.8. The lowest BCUT2D eigenvalue weighted by molar-refractivity contribution is -0.123. The van der Waals surface area contributed by atoms with Crippen LogP contribution in [0.25, 0.3) is 22.2 Å². The molecule has 1 unspecified atom stereocenters. The standard InChI is InChI=1S/C33H30ClFN4O5/c1-32(31(36)41)16-43-29-24(32)13-26(39-28(29)17-2-6-22(35)7-3-17)33(42,20-4-5-20)15-38-30(40)19-10-18-11-21(34)14-37-27(18)25(12-19)44-23-8-9-23/h2-3,6-7,10-14,20,23,42H,4-5,8-9,15-16H2,1H3,(H2,36,41)(H,38,40)/t32-,33?/m0/s1. The molecule has 9 nitrogen and oxygen atoms in total. The van der Waals surface area contributed by atoms with E-state index in [0.717, 1.165) is 25.7 Å². The quantitative estimate of drug-likeness (QED) is 0.246. The van der Waals surface area contributed by atoms with Crippen molar-refractivity contribution in [1.29, 1.82) is 0 Å². The molecule has 0 saturated heterocycles. The van der Waals surface area contributed by atoms with Crippen molar-refractivity contribution in [3.05, 3.63) is 82.4 Å². The number of hydrogen-bond acceptors (Lipinski definition) is 7. The second-order valence-electron chi connectivity index (χ2n) is 12.1. The van der Waals surface area contributed by atoms with E-state index >= 15 is 0 Å². The fraction of sp³-hybridized carbons (Fsp3) is 0.333. The minimum absolute atomic E-state index is 0.00167. The normalized spacial score (nSPS) is 20.5. The highest BCUT2D eigenvalue weighted by molar-refractivity contribution is 6.31. The van der Waals surface area contributed by atoms with Gasteiger partial charge in [-0.05, 0) is 87.1 Å². The minimum Gasteiger partial charge on any atom is -0.489 e. The van der Waals surface area contributed by atoms with Crippen molar-refractivity contribution in [2.75, 3.05) is 13.2 Å². The van der Waals surface area contributed by atoms with Gasteiger partial charge < -0.3 is 25.6 Å². The third-order valence-electron chi connectivity index (χ3n) is 8.74. The second kappa shape index (κ2) is 10.4. The molecule has 2 atom stereocenters. The molecule has 2 saturated carbocycles. The summed E-state index contributed by atoms with van der Waals surface area (Å²) in [6.07, 6.45) is 4.95. The number of hydrogen-bond donors (Lipinski definition) is 3. The average Bonchev–Trinajstić information content (AvgIpc) is 3.94. The van der Waals surface area contributed by atoms with E-state index < -0.39 is 28.6 Å². The summed E-state index contributed by atoms with van der Waals surface area (Å²) in [6, 6.07) is 12.5. The first kappa shape index (κ1) is 28.5. The Kier molecular flexibility index (Phi) is 6.75. The van der Waals surface area contributed by atoms with Gasteiger partial charge in [0.05, 0.1) is 23.4 Å². The van der Waals surface area contributed by atoms with Crippen LogP contribution in [0.4, 0.5) is 4.39 Å². The van der Waals surface area contributed by atoms with Gasteiger partial charge in [-0.1, -0.05) is 11.6 Å². The number of nitrogens with two attached hydrogens (primary N) is 1. The lowest BCUT2D eigenvalue weighted by Gasteiger charge is -2.30. The summed E-state index contributed by atoms with van der Waals surface area (Å²) in [5.74, 6) is -0.757. The number of nitrogens with one attached hydrogen (secondary N) is 1. The molecule has 0 spiro atoms. The van der Waals surface area contributed by atoms with Crippen molar-refractivity contribution in [3.8, 4) is 22.8 Å². The lowest BCUT2D eigenvalue weighted by atomic mass is 9.81. The number of carbonyl (C=O) groups excluding carboxylic acids is 2. The molecule has 2 aliphatic carbocycles. The minimum atomic E-state index is -1.57. The number of aromatic nitrogens is 2. The van der Waals surface area contributed by atoms with E-state index in [2.05, 4.69) is 10.3 Å². The van der Waals surface area contributed by atoms with E-state index in [0.29, 0.717) is 49.8 Å². The SMILES string of the molecule is C[C@]1(C(N)=O)COc2c1cc(C(O)(CNC(=O)c1cc(OC3CC3)c3ncc(Cl)cc3c1)C1CC1)nc2-c1ccc(F)cc1. The first-order valence-electron chi connectivity index (χ1n) is 14.6. The lowest BCUT2D eigenvalue weighted by Crippen LogP contribution is -2.44. The second-order valence-corrected chi connectivity index (χ2v) is 12.6. The van der Waals surface area contributed by atoms with Crippen LogP contribution < -0.4 is 20.5 Å². The van der Waals surface area contributed by atoms with Crippen LogP contribution in [0.2, 0.25) is 5.02 Å². The van der Waals surface area contributed by atoms with E-state index in [9.17, 15) is 19.1 Å². The summed E-state index contributed by atoms with van der Waals surface area (Å²) in [6.45, 7) is 1.53. The Morgan fingerprint density at radius 3 is 2.61 bits per heavy atom. The molecule has 0 radical (unpaired) electrons. The highest BCUT2D eigenvalue weighted by atomic mass is 35.5. The van der Waals surface area contributed by atoms with Gasteiger partial charge in [0.25, 0.3) is 5.91 Å². The van der Waals surface area contributed by atoms with Gasteiger partial charge >= 0.3 is 0 Å². The van der Waals surface area contributed by atoms with Crippen molar-refractivity contribution < 1.29 is 28.6 Å². The van der Waals surface area contributed by atoms with Crippen molar-refractivity contribution in [2.45, 2.75) is 49.7 Å². The zero-order valence-corrected chi connectivity index (χ0v) is 24.7. The van der Waals surface area contributed by atoms with Gasteiger partial charge in [0.1, 0.15) is 46.1 Å². The van der Waals surface area contributed by atoms with Gasteiger partial charge in [-0.3, -0.25) is 14.6 Å². The Morgan fingerprint density at radius 2 is 1.93 bits per heavy atom. The Hall–Kier alpha value is -4.28. The van der Waals surface area contributed by atoms with Crippen molar-refractivity contribution in [2.24, 2.45) is 11.7 Å². The van der Waals surface area contributed by atoms with E-state index in [4.69, 9.17) is 31.8 Å². The van der Waals surface area contributed by atoms with Crippen LogP contribution in [-0.4, -0.2) is 46.1 Å². The maximum atomic E-state index is 13.8. The Balaban J connectivity index is 1.25. The first-order chi connectivity index (χ1) is 21.0. The van der Waals surface area contributed by atoms with Crippen LogP contribution in [0.3, 0.4) is 0 Å². The van der Waals surface area contributed by atoms with Crippen LogP contribution in [-0.2, 0) is 15.8 Å². The number of halogens is 2. The van der Waals surface area contributed by atoms with Gasteiger partial charge in [-0.2, -0.15) is 0 Å². The molecular weight excluding hydrogens is 587 g/mol. The third kappa shape index (κ3) is 5.01. The average molecular weight is 617 g/mol. The zero-order valence-electron chi connectivity index (χ0n) is 23.9. The number of aliphatic hydroxyl groups is 1. The van der Waals surface area contributed by atoms with Crippen LogP contribution in [0.1, 0.15) is 54.2 Å². The molecule has 7 rings (SSSR count). The number of benzene rings is 2. The molecule has 2 amide bonds.